The van der Waals surface area contributed by atoms with Crippen LogP contribution in [0.2, 0.25) is 0 Å². The summed E-state index contributed by atoms with van der Waals surface area (Å²) < 4.78 is 2.39. The summed E-state index contributed by atoms with van der Waals surface area (Å²) >= 11 is 2.06. The SMILES string of the molecule is CN=C(NCc1ccccc1-c1ccc(Cn2ccnc2)cc1)NCC1(C)CCCS1. The maximum absolute atomic E-state index is 4.42. The molecule has 3 aromatic rings. The molecule has 1 unspecified atom stereocenters. The van der Waals surface area contributed by atoms with Gasteiger partial charge in [-0.1, -0.05) is 48.5 Å². The zero-order valence-corrected chi connectivity index (χ0v) is 19.2. The molecule has 1 aliphatic rings. The molecular weight excluding hydrogens is 402 g/mol. The number of hydrogen-bond acceptors (Lipinski definition) is 3. The third-order valence-corrected chi connectivity index (χ3v) is 7.34. The molecule has 0 saturated carbocycles. The van der Waals surface area contributed by atoms with Crippen molar-refractivity contribution in [3.8, 4) is 11.1 Å². The predicted octanol–water partition coefficient (Wildman–Crippen LogP) is 4.55. The Balaban J connectivity index is 1.39. The molecule has 5 nitrogen and oxygen atoms in total. The van der Waals surface area contributed by atoms with Crippen LogP contribution >= 0.6 is 11.8 Å². The molecule has 0 amide bonds. The van der Waals surface area contributed by atoms with E-state index in [1.165, 1.54) is 40.8 Å². The molecule has 1 atom stereocenters. The van der Waals surface area contributed by atoms with Crippen molar-refractivity contribution in [3.63, 3.8) is 0 Å². The van der Waals surface area contributed by atoms with Gasteiger partial charge in [-0.3, -0.25) is 4.99 Å². The Labute approximate surface area is 189 Å². The fourth-order valence-electron chi connectivity index (χ4n) is 3.98. The van der Waals surface area contributed by atoms with E-state index in [1.54, 1.807) is 0 Å². The largest absolute Gasteiger partial charge is 0.355 e. The van der Waals surface area contributed by atoms with Crippen LogP contribution in [0.5, 0.6) is 0 Å². The summed E-state index contributed by atoms with van der Waals surface area (Å²) in [6.45, 7) is 4.85. The van der Waals surface area contributed by atoms with Crippen molar-refractivity contribution in [3.05, 3.63) is 78.4 Å². The van der Waals surface area contributed by atoms with E-state index in [9.17, 15) is 0 Å². The summed E-state index contributed by atoms with van der Waals surface area (Å²) in [4.78, 5) is 8.54. The maximum Gasteiger partial charge on any atom is 0.191 e. The van der Waals surface area contributed by atoms with Gasteiger partial charge in [0, 0.05) is 43.8 Å². The Morgan fingerprint density at radius 3 is 2.71 bits per heavy atom. The number of guanidine groups is 1. The molecule has 162 valence electrons. The number of thioether (sulfide) groups is 1. The highest BCUT2D eigenvalue weighted by molar-refractivity contribution is 8.00. The third kappa shape index (κ3) is 5.70. The monoisotopic (exact) mass is 433 g/mol. The molecule has 31 heavy (non-hydrogen) atoms. The van der Waals surface area contributed by atoms with E-state index >= 15 is 0 Å². The molecule has 2 N–H and O–H groups in total. The van der Waals surface area contributed by atoms with E-state index in [1.807, 2.05) is 25.8 Å². The van der Waals surface area contributed by atoms with E-state index in [0.717, 1.165) is 25.6 Å². The number of nitrogens with zero attached hydrogens (tertiary/aromatic N) is 3. The standard InChI is InChI=1S/C25H31N5S/c1-25(12-5-15-31-25)18-29-24(26-2)28-16-22-6-3-4-7-23(22)21-10-8-20(9-11-21)17-30-14-13-27-19-30/h3-4,6-11,13-14,19H,5,12,15-18H2,1-2H3,(H2,26,28,29). The van der Waals surface area contributed by atoms with Crippen molar-refractivity contribution in [2.75, 3.05) is 19.3 Å². The molecule has 2 aromatic carbocycles. The van der Waals surface area contributed by atoms with Gasteiger partial charge in [0.2, 0.25) is 0 Å². The van der Waals surface area contributed by atoms with Gasteiger partial charge in [-0.05, 0) is 47.8 Å². The van der Waals surface area contributed by atoms with Crippen LogP contribution in [-0.4, -0.2) is 39.6 Å². The predicted molar refractivity (Wildman–Crippen MR) is 132 cm³/mol. The first-order valence-electron chi connectivity index (χ1n) is 10.9. The lowest BCUT2D eigenvalue weighted by atomic mass is 9.98. The first-order chi connectivity index (χ1) is 15.1. The Morgan fingerprint density at radius 1 is 1.16 bits per heavy atom. The summed E-state index contributed by atoms with van der Waals surface area (Å²) in [7, 11) is 1.84. The van der Waals surface area contributed by atoms with Crippen molar-refractivity contribution >= 4 is 17.7 Å². The number of rotatable bonds is 7. The summed E-state index contributed by atoms with van der Waals surface area (Å²) in [5.74, 6) is 2.12. The molecule has 0 spiro atoms. The third-order valence-electron chi connectivity index (χ3n) is 5.81. The molecule has 1 saturated heterocycles. The number of aromatic nitrogens is 2. The lowest BCUT2D eigenvalue weighted by Crippen LogP contribution is -2.43. The topological polar surface area (TPSA) is 54.2 Å². The second-order valence-corrected chi connectivity index (χ2v) is 9.95. The normalized spacial score (nSPS) is 18.8. The van der Waals surface area contributed by atoms with Crippen molar-refractivity contribution in [2.45, 2.75) is 37.6 Å². The molecule has 1 aromatic heterocycles. The van der Waals surface area contributed by atoms with Gasteiger partial charge in [0.25, 0.3) is 0 Å². The molecule has 0 aliphatic carbocycles. The molecule has 1 fully saturated rings. The highest BCUT2D eigenvalue weighted by atomic mass is 32.2. The van der Waals surface area contributed by atoms with Crippen LogP contribution in [0.25, 0.3) is 11.1 Å². The number of imidazole rings is 1. The Kier molecular flexibility index (Phi) is 6.97. The quantitative estimate of drug-likeness (QED) is 0.424. The fraction of sp³-hybridized carbons (Fsp3) is 0.360. The minimum absolute atomic E-state index is 0.313. The lowest BCUT2D eigenvalue weighted by molar-refractivity contribution is 0.584. The Hall–Kier alpha value is -2.73. The minimum Gasteiger partial charge on any atom is -0.355 e. The number of nitrogens with one attached hydrogen (secondary N) is 2. The van der Waals surface area contributed by atoms with Gasteiger partial charge in [0.1, 0.15) is 0 Å². The van der Waals surface area contributed by atoms with Gasteiger partial charge >= 0.3 is 0 Å². The van der Waals surface area contributed by atoms with Gasteiger partial charge in [-0.25, -0.2) is 4.98 Å². The van der Waals surface area contributed by atoms with Crippen LogP contribution in [0.1, 0.15) is 30.9 Å². The molecule has 0 bridgehead atoms. The van der Waals surface area contributed by atoms with Gasteiger partial charge < -0.3 is 15.2 Å². The number of hydrogen-bond donors (Lipinski definition) is 2. The number of aliphatic imine (C=N–C) groups is 1. The zero-order valence-electron chi connectivity index (χ0n) is 18.3. The molecule has 1 aliphatic heterocycles. The van der Waals surface area contributed by atoms with E-state index in [-0.39, 0.29) is 0 Å². The summed E-state index contributed by atoms with van der Waals surface area (Å²) in [5, 5.41) is 7.02. The molecular formula is C25H31N5S. The van der Waals surface area contributed by atoms with Crippen LogP contribution < -0.4 is 10.6 Å². The van der Waals surface area contributed by atoms with Crippen molar-refractivity contribution in [2.24, 2.45) is 4.99 Å². The number of benzene rings is 2. The Morgan fingerprint density at radius 2 is 2.00 bits per heavy atom. The minimum atomic E-state index is 0.313. The maximum atomic E-state index is 4.42. The molecule has 4 rings (SSSR count). The first-order valence-corrected chi connectivity index (χ1v) is 11.9. The van der Waals surface area contributed by atoms with E-state index < -0.39 is 0 Å². The Bertz CT molecular complexity index is 989. The van der Waals surface area contributed by atoms with E-state index in [4.69, 9.17) is 0 Å². The van der Waals surface area contributed by atoms with Crippen LogP contribution in [0.3, 0.4) is 0 Å². The van der Waals surface area contributed by atoms with Gasteiger partial charge in [0.15, 0.2) is 5.96 Å². The molecule has 2 heterocycles. The van der Waals surface area contributed by atoms with Crippen LogP contribution in [-0.2, 0) is 13.1 Å². The summed E-state index contributed by atoms with van der Waals surface area (Å²) in [6, 6.07) is 17.4. The first kappa shape index (κ1) is 21.5. The second kappa shape index (κ2) is 10.1. The van der Waals surface area contributed by atoms with E-state index in [2.05, 4.69) is 92.4 Å². The van der Waals surface area contributed by atoms with Crippen molar-refractivity contribution < 1.29 is 0 Å². The highest BCUT2D eigenvalue weighted by Crippen LogP contribution is 2.36. The summed E-state index contributed by atoms with van der Waals surface area (Å²) in [5.41, 5.74) is 5.00. The molecule has 6 heteroatoms. The lowest BCUT2D eigenvalue weighted by Gasteiger charge is -2.24. The zero-order chi connectivity index (χ0) is 21.5. The second-order valence-electron chi connectivity index (χ2n) is 8.27. The van der Waals surface area contributed by atoms with Crippen LogP contribution in [0.15, 0.2) is 72.2 Å². The smallest absolute Gasteiger partial charge is 0.191 e. The highest BCUT2D eigenvalue weighted by Gasteiger charge is 2.29. The van der Waals surface area contributed by atoms with Gasteiger partial charge in [-0.2, -0.15) is 11.8 Å². The summed E-state index contributed by atoms with van der Waals surface area (Å²) in [6.07, 6.45) is 8.22. The van der Waals surface area contributed by atoms with Gasteiger partial charge in [0.05, 0.1) is 6.33 Å². The van der Waals surface area contributed by atoms with Crippen molar-refractivity contribution in [1.82, 2.24) is 20.2 Å². The molecule has 0 radical (unpaired) electrons. The van der Waals surface area contributed by atoms with Crippen LogP contribution in [0, 0.1) is 0 Å². The fourth-order valence-corrected chi connectivity index (χ4v) is 5.23. The van der Waals surface area contributed by atoms with Crippen LogP contribution in [0.4, 0.5) is 0 Å². The average Bonchev–Trinajstić information content (AvgIpc) is 3.47. The van der Waals surface area contributed by atoms with E-state index in [0.29, 0.717) is 4.75 Å². The van der Waals surface area contributed by atoms with Crippen molar-refractivity contribution in [1.29, 1.82) is 0 Å². The average molecular weight is 434 g/mol. The van der Waals surface area contributed by atoms with Gasteiger partial charge in [-0.15, -0.1) is 0 Å².